The van der Waals surface area contributed by atoms with E-state index in [2.05, 4.69) is 4.98 Å². The van der Waals surface area contributed by atoms with Crippen molar-refractivity contribution in [3.05, 3.63) is 59.9 Å². The fourth-order valence-electron chi connectivity index (χ4n) is 2.87. The summed E-state index contributed by atoms with van der Waals surface area (Å²) in [7, 11) is 0. The van der Waals surface area contributed by atoms with Crippen LogP contribution in [0.2, 0.25) is 0 Å². The summed E-state index contributed by atoms with van der Waals surface area (Å²) in [6.45, 7) is 1.88. The third-order valence-electron chi connectivity index (χ3n) is 4.06. The number of benzene rings is 1. The SMILES string of the molecule is N#Cc1cccc(C(=O)N2CCN(c3ccncc3)CC(O)C2)c1. The fourth-order valence-corrected chi connectivity index (χ4v) is 2.87. The van der Waals surface area contributed by atoms with E-state index in [0.29, 0.717) is 30.8 Å². The number of hydrogen-bond acceptors (Lipinski definition) is 5. The maximum atomic E-state index is 12.7. The summed E-state index contributed by atoms with van der Waals surface area (Å²) < 4.78 is 0. The van der Waals surface area contributed by atoms with E-state index in [1.54, 1.807) is 41.6 Å². The van der Waals surface area contributed by atoms with E-state index in [0.717, 1.165) is 5.69 Å². The highest BCUT2D eigenvalue weighted by molar-refractivity contribution is 5.94. The summed E-state index contributed by atoms with van der Waals surface area (Å²) in [6.07, 6.45) is 2.79. The molecular weight excluding hydrogens is 304 g/mol. The Morgan fingerprint density at radius 1 is 1.21 bits per heavy atom. The second-order valence-electron chi connectivity index (χ2n) is 5.75. The highest BCUT2D eigenvalue weighted by atomic mass is 16.3. The molecule has 6 heteroatoms. The summed E-state index contributed by atoms with van der Waals surface area (Å²) in [5.74, 6) is -0.164. The normalized spacial score (nSPS) is 17.9. The second-order valence-corrected chi connectivity index (χ2v) is 5.75. The Morgan fingerprint density at radius 3 is 2.75 bits per heavy atom. The number of aromatic nitrogens is 1. The van der Waals surface area contributed by atoms with Crippen molar-refractivity contribution in [3.63, 3.8) is 0 Å². The Hall–Kier alpha value is -2.91. The predicted octanol–water partition coefficient (Wildman–Crippen LogP) is 1.28. The number of carbonyl (C=O) groups excluding carboxylic acids is 1. The standard InChI is InChI=1S/C18H18N4O2/c19-11-14-2-1-3-15(10-14)18(24)22-9-8-21(12-17(23)13-22)16-4-6-20-7-5-16/h1-7,10,17,23H,8-9,12-13H2. The van der Waals surface area contributed by atoms with Crippen LogP contribution in [0, 0.1) is 11.3 Å². The summed E-state index contributed by atoms with van der Waals surface area (Å²) >= 11 is 0. The number of carbonyl (C=O) groups is 1. The number of aliphatic hydroxyl groups excluding tert-OH is 1. The first kappa shape index (κ1) is 16.0. The first-order valence-corrected chi connectivity index (χ1v) is 7.80. The molecule has 1 amide bonds. The van der Waals surface area contributed by atoms with Crippen LogP contribution < -0.4 is 4.90 Å². The average Bonchev–Trinajstić information content (AvgIpc) is 2.83. The maximum absolute atomic E-state index is 12.7. The molecule has 1 aromatic carbocycles. The van der Waals surface area contributed by atoms with E-state index in [-0.39, 0.29) is 12.5 Å². The Morgan fingerprint density at radius 2 is 2.00 bits per heavy atom. The zero-order valence-corrected chi connectivity index (χ0v) is 13.2. The molecule has 1 unspecified atom stereocenters. The van der Waals surface area contributed by atoms with Crippen molar-refractivity contribution in [1.82, 2.24) is 9.88 Å². The van der Waals surface area contributed by atoms with Gasteiger partial charge in [-0.15, -0.1) is 0 Å². The van der Waals surface area contributed by atoms with Gasteiger partial charge in [-0.1, -0.05) is 6.07 Å². The van der Waals surface area contributed by atoms with E-state index in [1.165, 1.54) is 0 Å². The van der Waals surface area contributed by atoms with Gasteiger partial charge in [0, 0.05) is 49.8 Å². The largest absolute Gasteiger partial charge is 0.389 e. The molecule has 1 aromatic heterocycles. The minimum Gasteiger partial charge on any atom is -0.389 e. The van der Waals surface area contributed by atoms with Crippen LogP contribution in [0.25, 0.3) is 0 Å². The van der Waals surface area contributed by atoms with Crippen molar-refractivity contribution in [2.75, 3.05) is 31.1 Å². The number of β-amino-alcohol motifs (C(OH)–C–C–N with tert-alkyl or cyclic N) is 1. The molecular formula is C18H18N4O2. The molecule has 3 rings (SSSR count). The zero-order valence-electron chi connectivity index (χ0n) is 13.2. The van der Waals surface area contributed by atoms with Crippen LogP contribution in [0.3, 0.4) is 0 Å². The third-order valence-corrected chi connectivity index (χ3v) is 4.06. The molecule has 1 atom stereocenters. The Balaban J connectivity index is 1.76. The molecule has 0 spiro atoms. The molecule has 1 aliphatic heterocycles. The van der Waals surface area contributed by atoms with Gasteiger partial charge in [0.05, 0.1) is 17.7 Å². The van der Waals surface area contributed by atoms with E-state index < -0.39 is 6.10 Å². The van der Waals surface area contributed by atoms with Crippen molar-refractivity contribution in [1.29, 1.82) is 5.26 Å². The first-order chi connectivity index (χ1) is 11.7. The third kappa shape index (κ3) is 3.53. The van der Waals surface area contributed by atoms with E-state index >= 15 is 0 Å². The summed E-state index contributed by atoms with van der Waals surface area (Å²) in [4.78, 5) is 20.4. The van der Waals surface area contributed by atoms with Gasteiger partial charge in [0.1, 0.15) is 0 Å². The minimum absolute atomic E-state index is 0.164. The highest BCUT2D eigenvalue weighted by Gasteiger charge is 2.25. The zero-order chi connectivity index (χ0) is 16.9. The molecule has 2 aromatic rings. The van der Waals surface area contributed by atoms with E-state index in [9.17, 15) is 9.90 Å². The number of anilines is 1. The average molecular weight is 322 g/mol. The van der Waals surface area contributed by atoms with Gasteiger partial charge >= 0.3 is 0 Å². The summed E-state index contributed by atoms with van der Waals surface area (Å²) in [6, 6.07) is 12.5. The topological polar surface area (TPSA) is 80.5 Å². The fraction of sp³-hybridized carbons (Fsp3) is 0.278. The van der Waals surface area contributed by atoms with Gasteiger partial charge in [0.25, 0.3) is 5.91 Å². The molecule has 6 nitrogen and oxygen atoms in total. The van der Waals surface area contributed by atoms with Crippen molar-refractivity contribution >= 4 is 11.6 Å². The van der Waals surface area contributed by atoms with Crippen LogP contribution in [0.1, 0.15) is 15.9 Å². The van der Waals surface area contributed by atoms with Crippen LogP contribution in [0.5, 0.6) is 0 Å². The lowest BCUT2D eigenvalue weighted by molar-refractivity contribution is 0.0674. The number of nitrogens with zero attached hydrogens (tertiary/aromatic N) is 4. The van der Waals surface area contributed by atoms with Crippen molar-refractivity contribution in [2.45, 2.75) is 6.10 Å². The van der Waals surface area contributed by atoms with Gasteiger partial charge in [-0.25, -0.2) is 0 Å². The van der Waals surface area contributed by atoms with E-state index in [1.807, 2.05) is 23.1 Å². The molecule has 1 aliphatic rings. The van der Waals surface area contributed by atoms with Gasteiger partial charge < -0.3 is 14.9 Å². The van der Waals surface area contributed by atoms with Crippen molar-refractivity contribution < 1.29 is 9.90 Å². The lowest BCUT2D eigenvalue weighted by Crippen LogP contribution is -2.37. The predicted molar refractivity (Wildman–Crippen MR) is 89.5 cm³/mol. The maximum Gasteiger partial charge on any atom is 0.254 e. The van der Waals surface area contributed by atoms with Crippen LogP contribution in [-0.2, 0) is 0 Å². The molecule has 1 saturated heterocycles. The molecule has 24 heavy (non-hydrogen) atoms. The molecule has 0 aliphatic carbocycles. The molecule has 0 bridgehead atoms. The quantitative estimate of drug-likeness (QED) is 0.901. The van der Waals surface area contributed by atoms with Gasteiger partial charge in [0.15, 0.2) is 0 Å². The summed E-state index contributed by atoms with van der Waals surface area (Å²) in [5.41, 5.74) is 1.90. The number of hydrogen-bond donors (Lipinski definition) is 1. The molecule has 2 heterocycles. The molecule has 122 valence electrons. The minimum atomic E-state index is -0.635. The van der Waals surface area contributed by atoms with Gasteiger partial charge in [-0.05, 0) is 30.3 Å². The van der Waals surface area contributed by atoms with E-state index in [4.69, 9.17) is 5.26 Å². The smallest absolute Gasteiger partial charge is 0.254 e. The van der Waals surface area contributed by atoms with Crippen LogP contribution in [0.15, 0.2) is 48.8 Å². The monoisotopic (exact) mass is 322 g/mol. The molecule has 0 radical (unpaired) electrons. The van der Waals surface area contributed by atoms with Crippen LogP contribution in [0.4, 0.5) is 5.69 Å². The Bertz CT molecular complexity index is 757. The number of rotatable bonds is 2. The Labute approximate surface area is 140 Å². The lowest BCUT2D eigenvalue weighted by atomic mass is 10.1. The number of aliphatic hydroxyl groups is 1. The van der Waals surface area contributed by atoms with Crippen LogP contribution in [-0.4, -0.2) is 53.2 Å². The van der Waals surface area contributed by atoms with Crippen LogP contribution >= 0.6 is 0 Å². The number of pyridine rings is 1. The Kier molecular flexibility index (Phi) is 4.73. The van der Waals surface area contributed by atoms with Gasteiger partial charge in [0.2, 0.25) is 0 Å². The number of nitriles is 1. The number of amides is 1. The second kappa shape index (κ2) is 7.11. The van der Waals surface area contributed by atoms with Gasteiger partial charge in [-0.2, -0.15) is 5.26 Å². The highest BCUT2D eigenvalue weighted by Crippen LogP contribution is 2.17. The summed E-state index contributed by atoms with van der Waals surface area (Å²) in [5, 5.41) is 19.3. The first-order valence-electron chi connectivity index (χ1n) is 7.80. The lowest BCUT2D eigenvalue weighted by Gasteiger charge is -2.23. The molecule has 1 N–H and O–H groups in total. The van der Waals surface area contributed by atoms with Crippen molar-refractivity contribution in [3.8, 4) is 6.07 Å². The van der Waals surface area contributed by atoms with Gasteiger partial charge in [-0.3, -0.25) is 9.78 Å². The molecule has 1 fully saturated rings. The molecule has 0 saturated carbocycles. The van der Waals surface area contributed by atoms with Crippen molar-refractivity contribution in [2.24, 2.45) is 0 Å².